The number of benzene rings is 2. The molecular formula is C23H21NO3. The van der Waals surface area contributed by atoms with Crippen LogP contribution in [0.25, 0.3) is 22.2 Å². The molecule has 4 nitrogen and oxygen atoms in total. The van der Waals surface area contributed by atoms with Crippen LogP contribution in [0.15, 0.2) is 30.3 Å². The van der Waals surface area contributed by atoms with Crippen molar-refractivity contribution >= 4 is 22.7 Å². The van der Waals surface area contributed by atoms with Crippen molar-refractivity contribution in [1.82, 2.24) is 4.57 Å². The summed E-state index contributed by atoms with van der Waals surface area (Å²) >= 11 is 0. The molecule has 1 saturated carbocycles. The number of fused-ring (bicyclic) bond motifs is 5. The predicted molar refractivity (Wildman–Crippen MR) is 104 cm³/mol. The van der Waals surface area contributed by atoms with Gasteiger partial charge in [0, 0.05) is 23.6 Å². The van der Waals surface area contributed by atoms with Crippen molar-refractivity contribution in [2.75, 3.05) is 0 Å². The Hall–Kier alpha value is -2.88. The molecule has 2 aliphatic rings. The number of ketones is 1. The molecule has 5 rings (SSSR count). The summed E-state index contributed by atoms with van der Waals surface area (Å²) < 4.78 is 8.03. The van der Waals surface area contributed by atoms with Gasteiger partial charge in [-0.2, -0.15) is 0 Å². The zero-order valence-electron chi connectivity index (χ0n) is 15.8. The first kappa shape index (κ1) is 16.3. The van der Waals surface area contributed by atoms with Gasteiger partial charge in [0.05, 0.1) is 22.2 Å². The summed E-state index contributed by atoms with van der Waals surface area (Å²) in [4.78, 5) is 25.4. The monoisotopic (exact) mass is 359 g/mol. The van der Waals surface area contributed by atoms with Crippen molar-refractivity contribution in [3.8, 4) is 17.0 Å². The SMILES string of the molecule is CCC(=O)Oc1cc(C)c(C)c2c1c1c(n2C2CC2)-c2ccccc2C1=O. The number of aromatic nitrogens is 1. The largest absolute Gasteiger partial charge is 0.426 e. The van der Waals surface area contributed by atoms with E-state index in [1.807, 2.05) is 37.3 Å². The topological polar surface area (TPSA) is 48.3 Å². The van der Waals surface area contributed by atoms with Gasteiger partial charge in [0.25, 0.3) is 0 Å². The number of carbonyl (C=O) groups is 2. The molecule has 1 heterocycles. The predicted octanol–water partition coefficient (Wildman–Crippen LogP) is 5.12. The highest BCUT2D eigenvalue weighted by Crippen LogP contribution is 2.52. The normalized spacial score (nSPS) is 15.1. The third kappa shape index (κ3) is 2.16. The van der Waals surface area contributed by atoms with E-state index in [0.29, 0.717) is 23.8 Å². The third-order valence-corrected chi connectivity index (χ3v) is 5.82. The molecule has 3 aromatic rings. The Kier molecular flexibility index (Phi) is 3.36. The standard InChI is InChI=1S/C23H21NO3/c1-4-18(25)27-17-11-12(2)13(3)21-19(17)20-22(24(21)14-9-10-14)15-7-5-6-8-16(15)23(20)26/h5-8,11,14H,4,9-10H2,1-3H3. The molecule has 1 aromatic heterocycles. The number of hydrogen-bond acceptors (Lipinski definition) is 3. The fourth-order valence-electron chi connectivity index (χ4n) is 4.24. The molecule has 27 heavy (non-hydrogen) atoms. The first-order valence-corrected chi connectivity index (χ1v) is 9.55. The molecule has 0 atom stereocenters. The average molecular weight is 359 g/mol. The molecule has 0 unspecified atom stereocenters. The molecule has 2 aliphatic carbocycles. The molecule has 0 aliphatic heterocycles. The van der Waals surface area contributed by atoms with Crippen LogP contribution in [-0.2, 0) is 4.79 Å². The summed E-state index contributed by atoms with van der Waals surface area (Å²) in [6.45, 7) is 5.90. The minimum absolute atomic E-state index is 0.0297. The van der Waals surface area contributed by atoms with Gasteiger partial charge in [-0.1, -0.05) is 31.2 Å². The lowest BCUT2D eigenvalue weighted by molar-refractivity contribution is -0.133. The van der Waals surface area contributed by atoms with Gasteiger partial charge in [-0.15, -0.1) is 0 Å². The minimum atomic E-state index is -0.282. The minimum Gasteiger partial charge on any atom is -0.426 e. The summed E-state index contributed by atoms with van der Waals surface area (Å²) in [5.74, 6) is 0.259. The number of hydrogen-bond donors (Lipinski definition) is 0. The maximum atomic E-state index is 13.3. The van der Waals surface area contributed by atoms with Crippen LogP contribution in [-0.4, -0.2) is 16.3 Å². The van der Waals surface area contributed by atoms with Crippen LogP contribution in [0, 0.1) is 13.8 Å². The van der Waals surface area contributed by atoms with Gasteiger partial charge in [-0.25, -0.2) is 0 Å². The van der Waals surface area contributed by atoms with Crippen LogP contribution in [0.4, 0.5) is 0 Å². The van der Waals surface area contributed by atoms with E-state index in [9.17, 15) is 9.59 Å². The number of rotatable bonds is 3. The molecular weight excluding hydrogens is 338 g/mol. The van der Waals surface area contributed by atoms with E-state index in [2.05, 4.69) is 11.5 Å². The number of aryl methyl sites for hydroxylation is 2. The lowest BCUT2D eigenvalue weighted by Gasteiger charge is -2.14. The molecule has 136 valence electrons. The van der Waals surface area contributed by atoms with E-state index < -0.39 is 0 Å². The molecule has 4 heteroatoms. The fraction of sp³-hybridized carbons (Fsp3) is 0.304. The first-order chi connectivity index (χ1) is 13.0. The molecule has 0 N–H and O–H groups in total. The number of carbonyl (C=O) groups excluding carboxylic acids is 2. The summed E-state index contributed by atoms with van der Waals surface area (Å²) in [7, 11) is 0. The number of esters is 1. The molecule has 0 amide bonds. The van der Waals surface area contributed by atoms with E-state index in [1.54, 1.807) is 6.92 Å². The van der Waals surface area contributed by atoms with Crippen LogP contribution < -0.4 is 4.74 Å². The maximum Gasteiger partial charge on any atom is 0.310 e. The summed E-state index contributed by atoms with van der Waals surface area (Å²) in [5, 5.41) is 0.794. The van der Waals surface area contributed by atoms with E-state index in [0.717, 1.165) is 51.7 Å². The van der Waals surface area contributed by atoms with Gasteiger partial charge in [-0.05, 0) is 43.9 Å². The Bertz CT molecular complexity index is 1150. The summed E-state index contributed by atoms with van der Waals surface area (Å²) in [6, 6.07) is 10.1. The second-order valence-corrected chi connectivity index (χ2v) is 7.57. The Morgan fingerprint density at radius 1 is 1.19 bits per heavy atom. The number of ether oxygens (including phenoxy) is 1. The first-order valence-electron chi connectivity index (χ1n) is 9.55. The van der Waals surface area contributed by atoms with Gasteiger partial charge < -0.3 is 9.30 Å². The van der Waals surface area contributed by atoms with E-state index in [4.69, 9.17) is 4.74 Å². The summed E-state index contributed by atoms with van der Waals surface area (Å²) in [6.07, 6.45) is 2.53. The highest BCUT2D eigenvalue weighted by molar-refractivity contribution is 6.29. The van der Waals surface area contributed by atoms with Crippen LogP contribution in [0.1, 0.15) is 59.3 Å². The Morgan fingerprint density at radius 3 is 2.56 bits per heavy atom. The van der Waals surface area contributed by atoms with Crippen molar-refractivity contribution in [2.24, 2.45) is 0 Å². The molecule has 1 fully saturated rings. The summed E-state index contributed by atoms with van der Waals surface area (Å²) in [5.41, 5.74) is 6.68. The van der Waals surface area contributed by atoms with Crippen molar-refractivity contribution in [3.63, 3.8) is 0 Å². The van der Waals surface area contributed by atoms with Crippen LogP contribution >= 0.6 is 0 Å². The van der Waals surface area contributed by atoms with Gasteiger partial charge in [0.2, 0.25) is 0 Å². The highest BCUT2D eigenvalue weighted by atomic mass is 16.5. The van der Waals surface area contributed by atoms with E-state index in [1.165, 1.54) is 0 Å². The molecule has 0 bridgehead atoms. The smallest absolute Gasteiger partial charge is 0.310 e. The second kappa shape index (κ2) is 5.56. The molecule has 0 saturated heterocycles. The van der Waals surface area contributed by atoms with E-state index >= 15 is 0 Å². The quantitative estimate of drug-likeness (QED) is 0.377. The van der Waals surface area contributed by atoms with Gasteiger partial charge >= 0.3 is 5.97 Å². The lowest BCUT2D eigenvalue weighted by Crippen LogP contribution is -2.07. The Balaban J connectivity index is 1.93. The van der Waals surface area contributed by atoms with Crippen molar-refractivity contribution < 1.29 is 14.3 Å². The van der Waals surface area contributed by atoms with Crippen LogP contribution in [0.2, 0.25) is 0 Å². The lowest BCUT2D eigenvalue weighted by atomic mass is 10.0. The van der Waals surface area contributed by atoms with Crippen molar-refractivity contribution in [2.45, 2.75) is 46.1 Å². The zero-order valence-corrected chi connectivity index (χ0v) is 15.8. The maximum absolute atomic E-state index is 13.3. The fourth-order valence-corrected chi connectivity index (χ4v) is 4.24. The van der Waals surface area contributed by atoms with E-state index in [-0.39, 0.29) is 11.8 Å². The highest BCUT2D eigenvalue weighted by Gasteiger charge is 2.39. The average Bonchev–Trinajstić information content (AvgIpc) is 3.38. The van der Waals surface area contributed by atoms with Crippen molar-refractivity contribution in [1.29, 1.82) is 0 Å². The van der Waals surface area contributed by atoms with Gasteiger partial charge in [0.1, 0.15) is 5.75 Å². The van der Waals surface area contributed by atoms with Gasteiger partial charge in [0.15, 0.2) is 5.78 Å². The molecule has 0 radical (unpaired) electrons. The van der Waals surface area contributed by atoms with Gasteiger partial charge in [-0.3, -0.25) is 9.59 Å². The number of nitrogens with zero attached hydrogens (tertiary/aromatic N) is 1. The second-order valence-electron chi connectivity index (χ2n) is 7.57. The molecule has 2 aromatic carbocycles. The van der Waals surface area contributed by atoms with Crippen LogP contribution in [0.3, 0.4) is 0 Å². The van der Waals surface area contributed by atoms with Crippen LogP contribution in [0.5, 0.6) is 5.75 Å². The Labute approximate surface area is 157 Å². The molecule has 0 spiro atoms. The zero-order chi connectivity index (χ0) is 18.9. The van der Waals surface area contributed by atoms with Crippen molar-refractivity contribution in [3.05, 3.63) is 52.6 Å². The Morgan fingerprint density at radius 2 is 1.89 bits per heavy atom. The third-order valence-electron chi connectivity index (χ3n) is 5.82.